The topological polar surface area (TPSA) is 83.6 Å². The van der Waals surface area contributed by atoms with Gasteiger partial charge in [-0.25, -0.2) is 17.9 Å². The van der Waals surface area contributed by atoms with Crippen molar-refractivity contribution in [1.29, 1.82) is 0 Å². The summed E-state index contributed by atoms with van der Waals surface area (Å²) in [6.07, 6.45) is 0. The molecule has 0 aliphatic carbocycles. The minimum absolute atomic E-state index is 0.331. The van der Waals surface area contributed by atoms with Gasteiger partial charge in [0.15, 0.2) is 0 Å². The summed E-state index contributed by atoms with van der Waals surface area (Å²) in [5, 5.41) is 0. The normalized spacial score (nSPS) is 21.9. The van der Waals surface area contributed by atoms with Crippen molar-refractivity contribution < 1.29 is 18.0 Å². The first-order valence-corrected chi connectivity index (χ1v) is 5.35. The Morgan fingerprint density at radius 3 is 2.31 bits per heavy atom. The molecule has 0 aromatic carbocycles. The van der Waals surface area contributed by atoms with E-state index >= 15 is 0 Å². The van der Waals surface area contributed by atoms with Crippen molar-refractivity contribution in [2.45, 2.75) is 19.9 Å². The Balaban J connectivity index is 2.96. The van der Waals surface area contributed by atoms with Gasteiger partial charge in [0.05, 0.1) is 0 Å². The van der Waals surface area contributed by atoms with Crippen LogP contribution in [0.1, 0.15) is 13.8 Å². The molecule has 0 unspecified atom stereocenters. The Kier molecular flexibility index (Phi) is 2.29. The highest BCUT2D eigenvalue weighted by atomic mass is 32.2. The second kappa shape index (κ2) is 2.99. The maximum atomic E-state index is 11.1. The average molecular weight is 206 g/mol. The second-order valence-electron chi connectivity index (χ2n) is 3.02. The SMILES string of the molecule is CC(C)N1C(=O)CS(=O)(=O)NC1=O. The van der Waals surface area contributed by atoms with Gasteiger partial charge < -0.3 is 0 Å². The van der Waals surface area contributed by atoms with E-state index in [1.54, 1.807) is 18.6 Å². The van der Waals surface area contributed by atoms with Crippen LogP contribution >= 0.6 is 0 Å². The third-order valence-electron chi connectivity index (χ3n) is 1.56. The quantitative estimate of drug-likeness (QED) is 0.613. The zero-order valence-electron chi connectivity index (χ0n) is 7.27. The summed E-state index contributed by atoms with van der Waals surface area (Å²) in [6.45, 7) is 3.27. The summed E-state index contributed by atoms with van der Waals surface area (Å²) in [6, 6.07) is -1.20. The van der Waals surface area contributed by atoms with Gasteiger partial charge in [-0.3, -0.25) is 9.69 Å². The van der Waals surface area contributed by atoms with Crippen molar-refractivity contribution in [3.63, 3.8) is 0 Å². The molecule has 1 N–H and O–H groups in total. The predicted molar refractivity (Wildman–Crippen MR) is 44.3 cm³/mol. The van der Waals surface area contributed by atoms with Gasteiger partial charge in [0, 0.05) is 6.04 Å². The van der Waals surface area contributed by atoms with Gasteiger partial charge in [-0.2, -0.15) is 0 Å². The van der Waals surface area contributed by atoms with Crippen LogP contribution in [-0.2, 0) is 14.8 Å². The molecule has 3 amide bonds. The van der Waals surface area contributed by atoms with E-state index in [1.165, 1.54) is 0 Å². The fraction of sp³-hybridized carbons (Fsp3) is 0.667. The molecule has 1 rings (SSSR count). The molecule has 1 fully saturated rings. The van der Waals surface area contributed by atoms with Crippen molar-refractivity contribution in [3.05, 3.63) is 0 Å². The number of rotatable bonds is 1. The Hall–Kier alpha value is -1.11. The average Bonchev–Trinajstić information content (AvgIpc) is 1.78. The third kappa shape index (κ3) is 1.97. The Morgan fingerprint density at radius 2 is 1.92 bits per heavy atom. The van der Waals surface area contributed by atoms with Crippen LogP contribution in [0, 0.1) is 0 Å². The first kappa shape index (κ1) is 9.97. The molecule has 0 radical (unpaired) electrons. The van der Waals surface area contributed by atoms with Gasteiger partial charge in [0.25, 0.3) is 0 Å². The Bertz CT molecular complexity index is 322. The lowest BCUT2D eigenvalue weighted by Crippen LogP contribution is -2.57. The van der Waals surface area contributed by atoms with E-state index in [0.717, 1.165) is 4.90 Å². The molecular formula is C6H10N2O4S. The molecule has 1 aliphatic rings. The van der Waals surface area contributed by atoms with Crippen LogP contribution in [0.3, 0.4) is 0 Å². The lowest BCUT2D eigenvalue weighted by Gasteiger charge is -2.28. The molecule has 13 heavy (non-hydrogen) atoms. The lowest BCUT2D eigenvalue weighted by atomic mass is 10.3. The van der Waals surface area contributed by atoms with Crippen molar-refractivity contribution in [1.82, 2.24) is 9.62 Å². The number of nitrogens with one attached hydrogen (secondary N) is 1. The van der Waals surface area contributed by atoms with Crippen LogP contribution < -0.4 is 4.72 Å². The van der Waals surface area contributed by atoms with Gasteiger partial charge in [-0.05, 0) is 13.8 Å². The van der Waals surface area contributed by atoms with E-state index in [2.05, 4.69) is 0 Å². The minimum atomic E-state index is -3.74. The van der Waals surface area contributed by atoms with E-state index in [1.807, 2.05) is 0 Å². The van der Waals surface area contributed by atoms with E-state index < -0.39 is 27.7 Å². The number of urea groups is 1. The highest BCUT2D eigenvalue weighted by Crippen LogP contribution is 2.07. The first-order chi connectivity index (χ1) is 5.83. The molecular weight excluding hydrogens is 196 g/mol. The van der Waals surface area contributed by atoms with Gasteiger partial charge in [0.2, 0.25) is 15.9 Å². The maximum absolute atomic E-state index is 11.1. The molecule has 1 saturated heterocycles. The number of hydrogen-bond donors (Lipinski definition) is 1. The molecule has 1 heterocycles. The highest BCUT2D eigenvalue weighted by Gasteiger charge is 2.36. The molecule has 74 valence electrons. The summed E-state index contributed by atoms with van der Waals surface area (Å²) >= 11 is 0. The predicted octanol–water partition coefficient (Wildman–Crippen LogP) is -0.724. The maximum Gasteiger partial charge on any atom is 0.337 e. The van der Waals surface area contributed by atoms with Crippen LogP contribution in [0.5, 0.6) is 0 Å². The van der Waals surface area contributed by atoms with Crippen LogP contribution in [-0.4, -0.2) is 37.1 Å². The van der Waals surface area contributed by atoms with E-state index in [4.69, 9.17) is 0 Å². The highest BCUT2D eigenvalue weighted by molar-refractivity contribution is 7.90. The fourth-order valence-corrected chi connectivity index (χ4v) is 1.99. The summed E-state index contributed by atoms with van der Waals surface area (Å²) in [5.74, 6) is -1.34. The first-order valence-electron chi connectivity index (χ1n) is 3.70. The Morgan fingerprint density at radius 1 is 1.38 bits per heavy atom. The number of carbonyl (C=O) groups excluding carboxylic acids is 2. The number of nitrogens with zero attached hydrogens (tertiary/aromatic N) is 1. The van der Waals surface area contributed by atoms with Gasteiger partial charge >= 0.3 is 6.03 Å². The summed E-state index contributed by atoms with van der Waals surface area (Å²) in [7, 11) is -3.74. The van der Waals surface area contributed by atoms with Gasteiger partial charge in [-0.15, -0.1) is 0 Å². The van der Waals surface area contributed by atoms with Crippen molar-refractivity contribution in [2.24, 2.45) is 0 Å². The molecule has 0 bridgehead atoms. The molecule has 0 atom stereocenters. The number of imide groups is 1. The van der Waals surface area contributed by atoms with Crippen LogP contribution in [0.25, 0.3) is 0 Å². The lowest BCUT2D eigenvalue weighted by molar-refractivity contribution is -0.127. The zero-order chi connectivity index (χ0) is 10.2. The monoisotopic (exact) mass is 206 g/mol. The molecule has 7 heteroatoms. The van der Waals surface area contributed by atoms with Crippen molar-refractivity contribution >= 4 is 22.0 Å². The number of amides is 3. The molecule has 0 aromatic rings. The summed E-state index contributed by atoms with van der Waals surface area (Å²) < 4.78 is 23.5. The molecule has 0 aromatic heterocycles. The number of hydrogen-bond acceptors (Lipinski definition) is 4. The van der Waals surface area contributed by atoms with Crippen molar-refractivity contribution in [2.75, 3.05) is 5.75 Å². The summed E-state index contributed by atoms with van der Waals surface area (Å²) in [5.41, 5.74) is 0. The second-order valence-corrected chi connectivity index (χ2v) is 4.75. The molecule has 1 aliphatic heterocycles. The van der Waals surface area contributed by atoms with Crippen LogP contribution in [0.4, 0.5) is 4.79 Å². The summed E-state index contributed by atoms with van der Waals surface area (Å²) in [4.78, 5) is 23.1. The molecule has 0 saturated carbocycles. The van der Waals surface area contributed by atoms with Crippen LogP contribution in [0.15, 0.2) is 0 Å². The van der Waals surface area contributed by atoms with E-state index in [9.17, 15) is 18.0 Å². The molecule has 0 spiro atoms. The number of sulfonamides is 1. The third-order valence-corrected chi connectivity index (χ3v) is 2.67. The smallest absolute Gasteiger partial charge is 0.273 e. The minimum Gasteiger partial charge on any atom is -0.273 e. The van der Waals surface area contributed by atoms with E-state index in [-0.39, 0.29) is 6.04 Å². The zero-order valence-corrected chi connectivity index (χ0v) is 8.09. The standard InChI is InChI=1S/C6H10N2O4S/c1-4(2)8-5(9)3-13(11,12)7-6(8)10/h4H,3H2,1-2H3,(H,7,10). The fourth-order valence-electron chi connectivity index (χ4n) is 1.09. The molecule has 6 nitrogen and oxygen atoms in total. The number of carbonyl (C=O) groups is 2. The van der Waals surface area contributed by atoms with Crippen molar-refractivity contribution in [3.8, 4) is 0 Å². The van der Waals surface area contributed by atoms with E-state index in [0.29, 0.717) is 0 Å². The van der Waals surface area contributed by atoms with Gasteiger partial charge in [-0.1, -0.05) is 0 Å². The Labute approximate surface area is 76.0 Å². The van der Waals surface area contributed by atoms with Crippen LogP contribution in [0.2, 0.25) is 0 Å². The largest absolute Gasteiger partial charge is 0.337 e. The van der Waals surface area contributed by atoms with Gasteiger partial charge in [0.1, 0.15) is 5.75 Å².